The first kappa shape index (κ1) is 14.1. The van der Waals surface area contributed by atoms with E-state index in [2.05, 4.69) is 5.32 Å². The van der Waals surface area contributed by atoms with Crippen LogP contribution < -0.4 is 5.32 Å². The van der Waals surface area contributed by atoms with Gasteiger partial charge >= 0.3 is 12.1 Å². The molecule has 6 heteroatoms. The fourth-order valence-corrected chi connectivity index (χ4v) is 2.30. The third kappa shape index (κ3) is 3.83. The molecule has 0 spiro atoms. The summed E-state index contributed by atoms with van der Waals surface area (Å²) in [6.45, 7) is 0.0999. The number of nitrogens with one attached hydrogen (secondary N) is 1. The van der Waals surface area contributed by atoms with Gasteiger partial charge in [0.05, 0.1) is 0 Å². The van der Waals surface area contributed by atoms with Crippen LogP contribution >= 0.6 is 11.3 Å². The molecule has 0 aliphatic heterocycles. The summed E-state index contributed by atoms with van der Waals surface area (Å²) < 4.78 is 5.00. The Bertz CT molecular complexity index is 568. The molecule has 2 N–H and O–H groups in total. The molecule has 1 atom stereocenters. The second-order valence-electron chi connectivity index (χ2n) is 4.03. The van der Waals surface area contributed by atoms with Crippen molar-refractivity contribution in [1.82, 2.24) is 5.32 Å². The van der Waals surface area contributed by atoms with Crippen LogP contribution in [0.15, 0.2) is 47.2 Å². The number of carbonyl (C=O) groups is 2. The maximum atomic E-state index is 11.6. The summed E-state index contributed by atoms with van der Waals surface area (Å²) in [5.74, 6) is -1.12. The van der Waals surface area contributed by atoms with Gasteiger partial charge in [0.15, 0.2) is 6.04 Å². The van der Waals surface area contributed by atoms with Crippen molar-refractivity contribution >= 4 is 23.4 Å². The third-order valence-corrected chi connectivity index (χ3v) is 3.30. The van der Waals surface area contributed by atoms with Gasteiger partial charge in [-0.1, -0.05) is 30.3 Å². The number of carbonyl (C=O) groups excluding carboxylic acids is 1. The lowest BCUT2D eigenvalue weighted by molar-refractivity contribution is -0.139. The van der Waals surface area contributed by atoms with Crippen molar-refractivity contribution < 1.29 is 19.4 Å². The molecular formula is C14H13NO4S. The zero-order valence-electron chi connectivity index (χ0n) is 10.5. The normalized spacial score (nSPS) is 11.6. The van der Waals surface area contributed by atoms with Gasteiger partial charge in [-0.3, -0.25) is 0 Å². The number of alkyl carbamates (subject to hydrolysis) is 1. The fraction of sp³-hybridized carbons (Fsp3) is 0.143. The van der Waals surface area contributed by atoms with Gasteiger partial charge in [-0.05, 0) is 28.0 Å². The zero-order chi connectivity index (χ0) is 14.4. The van der Waals surface area contributed by atoms with Crippen molar-refractivity contribution in [3.8, 4) is 0 Å². The number of amides is 1. The van der Waals surface area contributed by atoms with Crippen LogP contribution in [0.1, 0.15) is 17.2 Å². The van der Waals surface area contributed by atoms with E-state index in [4.69, 9.17) is 9.84 Å². The molecule has 104 valence electrons. The molecule has 1 aromatic heterocycles. The average Bonchev–Trinajstić information content (AvgIpc) is 2.97. The van der Waals surface area contributed by atoms with E-state index in [1.54, 1.807) is 16.8 Å². The number of thiophene rings is 1. The van der Waals surface area contributed by atoms with Gasteiger partial charge in [0, 0.05) is 0 Å². The highest BCUT2D eigenvalue weighted by Crippen LogP contribution is 2.16. The molecule has 0 aliphatic rings. The van der Waals surface area contributed by atoms with Crippen molar-refractivity contribution in [2.45, 2.75) is 12.6 Å². The Morgan fingerprint density at radius 1 is 1.25 bits per heavy atom. The van der Waals surface area contributed by atoms with Crippen LogP contribution in [0.2, 0.25) is 0 Å². The van der Waals surface area contributed by atoms with Crippen LogP contribution in [0, 0.1) is 0 Å². The monoisotopic (exact) mass is 291 g/mol. The van der Waals surface area contributed by atoms with E-state index < -0.39 is 18.1 Å². The summed E-state index contributed by atoms with van der Waals surface area (Å²) in [6, 6.07) is 9.73. The molecule has 1 aromatic carbocycles. The molecule has 2 rings (SSSR count). The smallest absolute Gasteiger partial charge is 0.408 e. The Morgan fingerprint density at radius 2 is 2.00 bits per heavy atom. The van der Waals surface area contributed by atoms with E-state index in [0.29, 0.717) is 5.56 Å². The standard InChI is InChI=1S/C14H13NO4S/c16-13(17)12(11-6-7-20-9-11)15-14(18)19-8-10-4-2-1-3-5-10/h1-7,9,12H,8H2,(H,15,18)(H,16,17)/t12-/m1/s1. The first-order valence-electron chi connectivity index (χ1n) is 5.89. The molecule has 0 saturated heterocycles. The predicted molar refractivity (Wildman–Crippen MR) is 74.5 cm³/mol. The van der Waals surface area contributed by atoms with Crippen LogP contribution in [0.3, 0.4) is 0 Å². The number of carboxylic acid groups (broad SMARTS) is 1. The summed E-state index contributed by atoms with van der Waals surface area (Å²) in [5.41, 5.74) is 1.37. The molecular weight excluding hydrogens is 278 g/mol. The predicted octanol–water partition coefficient (Wildman–Crippen LogP) is 2.80. The number of benzene rings is 1. The topological polar surface area (TPSA) is 75.6 Å². The minimum atomic E-state index is -1.12. The third-order valence-electron chi connectivity index (χ3n) is 2.60. The SMILES string of the molecule is O=C(N[C@@H](C(=O)O)c1ccsc1)OCc1ccccc1. The second kappa shape index (κ2) is 6.72. The molecule has 2 aromatic rings. The van der Waals surface area contributed by atoms with Crippen molar-refractivity contribution in [1.29, 1.82) is 0 Å². The number of aliphatic carboxylic acids is 1. The van der Waals surface area contributed by atoms with Crippen molar-refractivity contribution in [3.05, 3.63) is 58.3 Å². The van der Waals surface area contributed by atoms with Crippen molar-refractivity contribution in [2.24, 2.45) is 0 Å². The summed E-state index contributed by atoms with van der Waals surface area (Å²) in [4.78, 5) is 22.8. The summed E-state index contributed by atoms with van der Waals surface area (Å²) in [5, 5.41) is 14.9. The van der Waals surface area contributed by atoms with Crippen LogP contribution in [0.25, 0.3) is 0 Å². The average molecular weight is 291 g/mol. The molecule has 0 bridgehead atoms. The molecule has 0 fully saturated rings. The van der Waals surface area contributed by atoms with Gasteiger partial charge in [0.2, 0.25) is 0 Å². The Labute approximate surface area is 119 Å². The zero-order valence-corrected chi connectivity index (χ0v) is 11.3. The summed E-state index contributed by atoms with van der Waals surface area (Å²) in [6.07, 6.45) is -0.757. The lowest BCUT2D eigenvalue weighted by Gasteiger charge is -2.13. The fourth-order valence-electron chi connectivity index (χ4n) is 1.61. The van der Waals surface area contributed by atoms with Crippen LogP contribution in [-0.4, -0.2) is 17.2 Å². The van der Waals surface area contributed by atoms with Gasteiger partial charge in [-0.2, -0.15) is 11.3 Å². The maximum absolute atomic E-state index is 11.6. The number of hydrogen-bond acceptors (Lipinski definition) is 4. The minimum absolute atomic E-state index is 0.0999. The number of hydrogen-bond donors (Lipinski definition) is 2. The summed E-state index contributed by atoms with van der Waals surface area (Å²) in [7, 11) is 0. The van der Waals surface area contributed by atoms with E-state index in [0.717, 1.165) is 5.56 Å². The lowest BCUT2D eigenvalue weighted by Crippen LogP contribution is -2.33. The van der Waals surface area contributed by atoms with Crippen LogP contribution in [0.4, 0.5) is 4.79 Å². The molecule has 1 amide bonds. The molecule has 0 aliphatic carbocycles. The lowest BCUT2D eigenvalue weighted by atomic mass is 10.1. The largest absolute Gasteiger partial charge is 0.479 e. The van der Waals surface area contributed by atoms with E-state index in [-0.39, 0.29) is 6.61 Å². The number of carboxylic acids is 1. The Morgan fingerprint density at radius 3 is 2.60 bits per heavy atom. The van der Waals surface area contributed by atoms with Gasteiger partial charge in [-0.25, -0.2) is 9.59 Å². The maximum Gasteiger partial charge on any atom is 0.408 e. The molecule has 0 radical (unpaired) electrons. The van der Waals surface area contributed by atoms with E-state index in [1.807, 2.05) is 30.3 Å². The highest BCUT2D eigenvalue weighted by atomic mass is 32.1. The number of rotatable bonds is 5. The van der Waals surface area contributed by atoms with Crippen molar-refractivity contribution in [3.63, 3.8) is 0 Å². The van der Waals surface area contributed by atoms with Crippen LogP contribution in [-0.2, 0) is 16.1 Å². The highest BCUT2D eigenvalue weighted by Gasteiger charge is 2.22. The van der Waals surface area contributed by atoms with E-state index in [9.17, 15) is 9.59 Å². The Kier molecular flexibility index (Phi) is 4.73. The quantitative estimate of drug-likeness (QED) is 0.888. The first-order chi connectivity index (χ1) is 9.66. The van der Waals surface area contributed by atoms with Crippen molar-refractivity contribution in [2.75, 3.05) is 0 Å². The van der Waals surface area contributed by atoms with Gasteiger partial charge in [0.1, 0.15) is 6.61 Å². The Hall–Kier alpha value is -2.34. The molecule has 5 nitrogen and oxygen atoms in total. The highest BCUT2D eigenvalue weighted by molar-refractivity contribution is 7.08. The van der Waals surface area contributed by atoms with Gasteiger partial charge < -0.3 is 15.2 Å². The van der Waals surface area contributed by atoms with E-state index in [1.165, 1.54) is 11.3 Å². The first-order valence-corrected chi connectivity index (χ1v) is 6.83. The van der Waals surface area contributed by atoms with Gasteiger partial charge in [0.25, 0.3) is 0 Å². The molecule has 20 heavy (non-hydrogen) atoms. The second-order valence-corrected chi connectivity index (χ2v) is 4.81. The number of ether oxygens (including phenoxy) is 1. The molecule has 0 saturated carbocycles. The summed E-state index contributed by atoms with van der Waals surface area (Å²) >= 11 is 1.37. The van der Waals surface area contributed by atoms with Crippen LogP contribution in [0.5, 0.6) is 0 Å². The minimum Gasteiger partial charge on any atom is -0.479 e. The molecule has 0 unspecified atom stereocenters. The Balaban J connectivity index is 1.91. The molecule has 1 heterocycles. The van der Waals surface area contributed by atoms with Gasteiger partial charge in [-0.15, -0.1) is 0 Å². The van der Waals surface area contributed by atoms with E-state index >= 15 is 0 Å².